The Kier molecular flexibility index (Phi) is 8.57. The van der Waals surface area contributed by atoms with Gasteiger partial charge in [0.2, 0.25) is 0 Å². The highest BCUT2D eigenvalue weighted by atomic mass is 16.3. The molecule has 0 atom stereocenters. The third-order valence-corrected chi connectivity index (χ3v) is 10.9. The molecule has 0 aliphatic rings. The fraction of sp³-hybridized carbons (Fsp3) is 0.231. The van der Waals surface area contributed by atoms with Crippen molar-refractivity contribution >= 4 is 49.8 Å². The lowest BCUT2D eigenvalue weighted by Crippen LogP contribution is -2.16. The Hall–Kier alpha value is -5.60. The summed E-state index contributed by atoms with van der Waals surface area (Å²) in [7, 11) is 0. The molecular weight excluding hydrogens is 655 g/mol. The van der Waals surface area contributed by atoms with Gasteiger partial charge in [-0.1, -0.05) is 178 Å². The van der Waals surface area contributed by atoms with Crippen molar-refractivity contribution in [1.82, 2.24) is 0 Å². The lowest BCUT2D eigenvalue weighted by molar-refractivity contribution is 0.569. The SMILES string of the molecule is CC(C)(C)c1ccc(N(c2ccccc2-c2cccc3cccc(-c4cc(C(C)(C)C)cc(C(C)(C)C)c4)c23)c2cccc3c2oc2ccccc23)cc1. The van der Waals surface area contributed by atoms with E-state index in [-0.39, 0.29) is 16.2 Å². The largest absolute Gasteiger partial charge is 0.454 e. The molecule has 0 saturated carbocycles. The topological polar surface area (TPSA) is 16.4 Å². The zero-order valence-electron chi connectivity index (χ0n) is 33.2. The fourth-order valence-electron chi connectivity index (χ4n) is 7.78. The van der Waals surface area contributed by atoms with Crippen molar-refractivity contribution in [3.8, 4) is 22.3 Å². The van der Waals surface area contributed by atoms with Crippen LogP contribution in [0, 0.1) is 0 Å². The summed E-state index contributed by atoms with van der Waals surface area (Å²) < 4.78 is 6.71. The second-order valence-electron chi connectivity index (χ2n) is 17.9. The number of nitrogens with zero attached hydrogens (tertiary/aromatic N) is 1. The Labute approximate surface area is 321 Å². The molecule has 0 amide bonds. The van der Waals surface area contributed by atoms with Crippen molar-refractivity contribution in [2.75, 3.05) is 4.90 Å². The number of fused-ring (bicyclic) bond motifs is 4. The van der Waals surface area contributed by atoms with Gasteiger partial charge in [-0.15, -0.1) is 0 Å². The van der Waals surface area contributed by atoms with E-state index in [9.17, 15) is 0 Å². The highest BCUT2D eigenvalue weighted by Crippen LogP contribution is 2.48. The Morgan fingerprint density at radius 1 is 0.426 bits per heavy atom. The summed E-state index contributed by atoms with van der Waals surface area (Å²) in [5.41, 5.74) is 13.9. The van der Waals surface area contributed by atoms with Crippen molar-refractivity contribution in [3.05, 3.63) is 162 Å². The van der Waals surface area contributed by atoms with Gasteiger partial charge >= 0.3 is 0 Å². The molecule has 0 saturated heterocycles. The second kappa shape index (κ2) is 13.1. The molecular formula is C52H51NO. The van der Waals surface area contributed by atoms with Crippen molar-refractivity contribution in [2.24, 2.45) is 0 Å². The molecule has 1 heterocycles. The first-order chi connectivity index (χ1) is 25.7. The van der Waals surface area contributed by atoms with Crippen LogP contribution in [0.5, 0.6) is 0 Å². The average molecular weight is 706 g/mol. The van der Waals surface area contributed by atoms with Gasteiger partial charge in [0, 0.05) is 22.0 Å². The summed E-state index contributed by atoms with van der Waals surface area (Å²) >= 11 is 0. The van der Waals surface area contributed by atoms with Gasteiger partial charge in [0.1, 0.15) is 5.58 Å². The average Bonchev–Trinajstić information content (AvgIpc) is 3.53. The normalized spacial score (nSPS) is 12.5. The summed E-state index contributed by atoms with van der Waals surface area (Å²) in [4.78, 5) is 2.39. The summed E-state index contributed by atoms with van der Waals surface area (Å²) in [5.74, 6) is 0. The summed E-state index contributed by atoms with van der Waals surface area (Å²) in [6, 6.07) is 53.6. The molecule has 1 aromatic heterocycles. The first-order valence-electron chi connectivity index (χ1n) is 19.3. The quantitative estimate of drug-likeness (QED) is 0.177. The van der Waals surface area contributed by atoms with E-state index in [1.807, 2.05) is 6.07 Å². The van der Waals surface area contributed by atoms with E-state index in [4.69, 9.17) is 4.42 Å². The lowest BCUT2D eigenvalue weighted by atomic mass is 9.78. The molecule has 0 unspecified atom stereocenters. The van der Waals surface area contributed by atoms with Crippen molar-refractivity contribution in [1.29, 1.82) is 0 Å². The lowest BCUT2D eigenvalue weighted by Gasteiger charge is -2.29. The predicted octanol–water partition coefficient (Wildman–Crippen LogP) is 15.4. The molecule has 8 aromatic rings. The van der Waals surface area contributed by atoms with Gasteiger partial charge in [0.05, 0.1) is 11.4 Å². The molecule has 0 spiro atoms. The molecule has 54 heavy (non-hydrogen) atoms. The Morgan fingerprint density at radius 3 is 1.63 bits per heavy atom. The second-order valence-corrected chi connectivity index (χ2v) is 17.9. The van der Waals surface area contributed by atoms with Gasteiger partial charge < -0.3 is 9.32 Å². The predicted molar refractivity (Wildman–Crippen MR) is 233 cm³/mol. The van der Waals surface area contributed by atoms with E-state index in [0.29, 0.717) is 0 Å². The van der Waals surface area contributed by atoms with E-state index >= 15 is 0 Å². The van der Waals surface area contributed by atoms with E-state index in [1.165, 1.54) is 44.2 Å². The molecule has 270 valence electrons. The van der Waals surface area contributed by atoms with Crippen LogP contribution in [-0.2, 0) is 16.2 Å². The molecule has 2 heteroatoms. The van der Waals surface area contributed by atoms with E-state index in [2.05, 4.69) is 207 Å². The number of hydrogen-bond donors (Lipinski definition) is 0. The van der Waals surface area contributed by atoms with Crippen LogP contribution in [0.1, 0.15) is 79.0 Å². The van der Waals surface area contributed by atoms with Crippen LogP contribution in [-0.4, -0.2) is 0 Å². The minimum atomic E-state index is 0.0107. The molecule has 2 nitrogen and oxygen atoms in total. The Morgan fingerprint density at radius 2 is 0.963 bits per heavy atom. The highest BCUT2D eigenvalue weighted by molar-refractivity contribution is 6.12. The molecule has 0 aliphatic carbocycles. The maximum atomic E-state index is 6.71. The van der Waals surface area contributed by atoms with Gasteiger partial charge in [0.15, 0.2) is 5.58 Å². The van der Waals surface area contributed by atoms with Crippen LogP contribution >= 0.6 is 0 Å². The first-order valence-corrected chi connectivity index (χ1v) is 19.3. The van der Waals surface area contributed by atoms with Crippen molar-refractivity contribution in [2.45, 2.75) is 78.6 Å². The van der Waals surface area contributed by atoms with Crippen molar-refractivity contribution < 1.29 is 4.42 Å². The third-order valence-electron chi connectivity index (χ3n) is 10.9. The van der Waals surface area contributed by atoms with Crippen molar-refractivity contribution in [3.63, 3.8) is 0 Å². The van der Waals surface area contributed by atoms with Gasteiger partial charge in [-0.3, -0.25) is 0 Å². The Bertz CT molecular complexity index is 2620. The van der Waals surface area contributed by atoms with E-state index in [0.717, 1.165) is 44.6 Å². The van der Waals surface area contributed by atoms with Crippen LogP contribution < -0.4 is 4.90 Å². The minimum absolute atomic E-state index is 0.0107. The minimum Gasteiger partial charge on any atom is -0.454 e. The molecule has 0 bridgehead atoms. The Balaban J connectivity index is 1.41. The third kappa shape index (κ3) is 6.38. The molecule has 0 fully saturated rings. The van der Waals surface area contributed by atoms with E-state index < -0.39 is 0 Å². The number of benzene rings is 7. The van der Waals surface area contributed by atoms with Gasteiger partial charge in [-0.2, -0.15) is 0 Å². The van der Waals surface area contributed by atoms with Crippen LogP contribution in [0.3, 0.4) is 0 Å². The zero-order valence-corrected chi connectivity index (χ0v) is 33.2. The fourth-order valence-corrected chi connectivity index (χ4v) is 7.78. The van der Waals surface area contributed by atoms with E-state index in [1.54, 1.807) is 0 Å². The molecule has 0 aliphatic heterocycles. The smallest absolute Gasteiger partial charge is 0.159 e. The van der Waals surface area contributed by atoms with Gasteiger partial charge in [-0.05, 0) is 90.7 Å². The van der Waals surface area contributed by atoms with Crippen LogP contribution in [0.15, 0.2) is 150 Å². The number of anilines is 3. The molecule has 8 rings (SSSR count). The van der Waals surface area contributed by atoms with Crippen LogP contribution in [0.4, 0.5) is 17.1 Å². The summed E-state index contributed by atoms with van der Waals surface area (Å²) in [5, 5.41) is 4.70. The zero-order chi connectivity index (χ0) is 38.0. The number of rotatable bonds is 5. The van der Waals surface area contributed by atoms with Crippen LogP contribution in [0.2, 0.25) is 0 Å². The summed E-state index contributed by atoms with van der Waals surface area (Å²) in [6.07, 6.45) is 0. The highest BCUT2D eigenvalue weighted by Gasteiger charge is 2.25. The molecule has 0 radical (unpaired) electrons. The monoisotopic (exact) mass is 705 g/mol. The molecule has 0 N–H and O–H groups in total. The maximum absolute atomic E-state index is 6.71. The first kappa shape index (κ1) is 35.4. The van der Waals surface area contributed by atoms with Gasteiger partial charge in [-0.25, -0.2) is 0 Å². The standard InChI is InChI=1S/C52H51NO/c1-50(2,3)36-27-29-39(30-28-36)53(46-25-16-23-44-42-20-11-13-26-47(42)54-49(44)46)45-24-12-10-19-41(45)43-22-15-18-34-17-14-21-40(48(34)43)35-31-37(51(4,5)6)33-38(32-35)52(7,8)9/h10-33H,1-9H3. The number of furan rings is 1. The van der Waals surface area contributed by atoms with Gasteiger partial charge in [0.25, 0.3) is 0 Å². The summed E-state index contributed by atoms with van der Waals surface area (Å²) in [6.45, 7) is 20.7. The molecule has 7 aromatic carbocycles. The van der Waals surface area contributed by atoms with Crippen LogP contribution in [0.25, 0.3) is 55.0 Å². The maximum Gasteiger partial charge on any atom is 0.159 e. The number of para-hydroxylation sites is 3. The number of hydrogen-bond acceptors (Lipinski definition) is 2.